The summed E-state index contributed by atoms with van der Waals surface area (Å²) in [6.07, 6.45) is 5.40. The van der Waals surface area contributed by atoms with Gasteiger partial charge in [-0.2, -0.15) is 0 Å². The monoisotopic (exact) mass is 328 g/mol. The Balaban J connectivity index is 1.60. The Bertz CT molecular complexity index is 696. The van der Waals surface area contributed by atoms with E-state index in [4.69, 9.17) is 0 Å². The molecule has 0 atom stereocenters. The Morgan fingerprint density at radius 3 is 2.87 bits per heavy atom. The number of hydrogen-bond acceptors (Lipinski definition) is 4. The Labute approximate surface area is 140 Å². The van der Waals surface area contributed by atoms with E-state index in [0.29, 0.717) is 17.5 Å². The topological polar surface area (TPSA) is 61.9 Å². The number of aromatic nitrogens is 3. The zero-order chi connectivity index (χ0) is 16.1. The molecule has 1 aromatic carbocycles. The summed E-state index contributed by atoms with van der Waals surface area (Å²) in [7, 11) is 0. The molecular weight excluding hydrogens is 308 g/mol. The first-order chi connectivity index (χ1) is 11.3. The van der Waals surface area contributed by atoms with Crippen LogP contribution >= 0.6 is 11.8 Å². The molecule has 6 heteroatoms. The highest BCUT2D eigenvalue weighted by molar-refractivity contribution is 7.99. The summed E-state index contributed by atoms with van der Waals surface area (Å²) in [4.78, 5) is 18.7. The average molecular weight is 328 g/mol. The minimum absolute atomic E-state index is 0.122. The summed E-state index contributed by atoms with van der Waals surface area (Å²) in [5, 5.41) is 7.72. The van der Waals surface area contributed by atoms with Crippen LogP contribution < -0.4 is 0 Å². The number of benzene rings is 1. The number of rotatable bonds is 6. The van der Waals surface area contributed by atoms with Crippen LogP contribution in [0.15, 0.2) is 47.3 Å². The van der Waals surface area contributed by atoms with E-state index in [0.717, 1.165) is 36.3 Å². The van der Waals surface area contributed by atoms with Crippen molar-refractivity contribution >= 4 is 17.7 Å². The van der Waals surface area contributed by atoms with E-state index in [1.807, 2.05) is 42.2 Å². The summed E-state index contributed by atoms with van der Waals surface area (Å²) >= 11 is 1.37. The van der Waals surface area contributed by atoms with Crippen LogP contribution in [0.4, 0.5) is 0 Å². The van der Waals surface area contributed by atoms with Crippen LogP contribution in [0.3, 0.4) is 0 Å². The molecule has 0 saturated heterocycles. The Hall–Kier alpha value is -2.08. The molecule has 23 heavy (non-hydrogen) atoms. The number of hydrogen-bond donors (Lipinski definition) is 1. The maximum Gasteiger partial charge on any atom is 0.237 e. The lowest BCUT2D eigenvalue weighted by Crippen LogP contribution is -2.31. The van der Waals surface area contributed by atoms with Gasteiger partial charge in [0.25, 0.3) is 0 Å². The molecule has 0 spiro atoms. The Morgan fingerprint density at radius 1 is 1.35 bits per heavy atom. The largest absolute Gasteiger partial charge is 0.316 e. The molecule has 1 N–H and O–H groups in total. The lowest BCUT2D eigenvalue weighted by molar-refractivity contribution is -0.126. The van der Waals surface area contributed by atoms with Crippen LogP contribution in [0, 0.1) is 0 Å². The van der Waals surface area contributed by atoms with Gasteiger partial charge in [0.2, 0.25) is 11.1 Å². The highest BCUT2D eigenvalue weighted by Crippen LogP contribution is 2.24. The number of carbonyl (C=O) groups excluding carboxylic acids is 1. The average Bonchev–Trinajstić information content (AvgIpc) is 3.26. The van der Waals surface area contributed by atoms with Crippen molar-refractivity contribution in [3.05, 3.63) is 42.1 Å². The van der Waals surface area contributed by atoms with Crippen molar-refractivity contribution in [2.45, 2.75) is 31.3 Å². The SMILES string of the molecule is CCN(C(=O)CSc1n[nH]c(-c2ccccc2)n1)C1=CCCC1. The molecule has 0 radical (unpaired) electrons. The lowest BCUT2D eigenvalue weighted by atomic mass is 10.2. The van der Waals surface area contributed by atoms with Gasteiger partial charge in [-0.25, -0.2) is 4.98 Å². The summed E-state index contributed by atoms with van der Waals surface area (Å²) in [6, 6.07) is 9.84. The number of aromatic amines is 1. The maximum absolute atomic E-state index is 12.4. The predicted octanol–water partition coefficient (Wildman–Crippen LogP) is 3.48. The molecule has 1 amide bonds. The first kappa shape index (κ1) is 15.8. The van der Waals surface area contributed by atoms with Crippen LogP contribution in [0.25, 0.3) is 11.4 Å². The van der Waals surface area contributed by atoms with Crippen molar-refractivity contribution in [3.8, 4) is 11.4 Å². The van der Waals surface area contributed by atoms with E-state index in [9.17, 15) is 4.79 Å². The van der Waals surface area contributed by atoms with Gasteiger partial charge < -0.3 is 4.90 Å². The van der Waals surface area contributed by atoms with Crippen LogP contribution in [-0.4, -0.2) is 38.3 Å². The van der Waals surface area contributed by atoms with Crippen LogP contribution in [-0.2, 0) is 4.79 Å². The second-order valence-corrected chi connectivity index (χ2v) is 6.29. The molecule has 2 aromatic rings. The maximum atomic E-state index is 12.4. The van der Waals surface area contributed by atoms with Gasteiger partial charge >= 0.3 is 0 Å². The quantitative estimate of drug-likeness (QED) is 0.825. The highest BCUT2D eigenvalue weighted by Gasteiger charge is 2.19. The fourth-order valence-corrected chi connectivity index (χ4v) is 3.35. The molecule has 0 unspecified atom stereocenters. The van der Waals surface area contributed by atoms with Gasteiger partial charge in [0.05, 0.1) is 5.75 Å². The molecule has 1 aliphatic carbocycles. The lowest BCUT2D eigenvalue weighted by Gasteiger charge is -2.21. The van der Waals surface area contributed by atoms with Crippen molar-refractivity contribution < 1.29 is 4.79 Å². The van der Waals surface area contributed by atoms with Crippen molar-refractivity contribution in [3.63, 3.8) is 0 Å². The van der Waals surface area contributed by atoms with Gasteiger partial charge in [-0.1, -0.05) is 48.2 Å². The fraction of sp³-hybridized carbons (Fsp3) is 0.353. The van der Waals surface area contributed by atoms with Gasteiger partial charge in [0.15, 0.2) is 5.82 Å². The third kappa shape index (κ3) is 3.82. The number of amides is 1. The Morgan fingerprint density at radius 2 is 2.17 bits per heavy atom. The van der Waals surface area contributed by atoms with E-state index in [-0.39, 0.29) is 5.91 Å². The van der Waals surface area contributed by atoms with Crippen molar-refractivity contribution in [2.24, 2.45) is 0 Å². The van der Waals surface area contributed by atoms with Crippen molar-refractivity contribution in [2.75, 3.05) is 12.3 Å². The smallest absolute Gasteiger partial charge is 0.237 e. The molecule has 0 aliphatic heterocycles. The van der Waals surface area contributed by atoms with Gasteiger partial charge in [-0.15, -0.1) is 5.10 Å². The number of carbonyl (C=O) groups is 1. The van der Waals surface area contributed by atoms with E-state index < -0.39 is 0 Å². The molecular formula is C17H20N4OS. The normalized spacial score (nSPS) is 13.9. The number of thioether (sulfide) groups is 1. The zero-order valence-electron chi connectivity index (χ0n) is 13.2. The van der Waals surface area contributed by atoms with Crippen LogP contribution in [0.5, 0.6) is 0 Å². The minimum Gasteiger partial charge on any atom is -0.316 e. The third-order valence-corrected chi connectivity index (χ3v) is 4.65. The summed E-state index contributed by atoms with van der Waals surface area (Å²) in [5.41, 5.74) is 2.16. The highest BCUT2D eigenvalue weighted by atomic mass is 32.2. The van der Waals surface area contributed by atoms with Gasteiger partial charge in [0.1, 0.15) is 0 Å². The molecule has 0 bridgehead atoms. The summed E-state index contributed by atoms with van der Waals surface area (Å²) in [6.45, 7) is 2.73. The predicted molar refractivity (Wildman–Crippen MR) is 91.9 cm³/mol. The van der Waals surface area contributed by atoms with Crippen molar-refractivity contribution in [1.29, 1.82) is 0 Å². The number of allylic oxidation sites excluding steroid dienone is 2. The zero-order valence-corrected chi connectivity index (χ0v) is 14.0. The van der Waals surface area contributed by atoms with Crippen molar-refractivity contribution in [1.82, 2.24) is 20.1 Å². The number of nitrogens with one attached hydrogen (secondary N) is 1. The third-order valence-electron chi connectivity index (χ3n) is 3.82. The van der Waals surface area contributed by atoms with E-state index >= 15 is 0 Å². The minimum atomic E-state index is 0.122. The summed E-state index contributed by atoms with van der Waals surface area (Å²) in [5.74, 6) is 1.21. The van der Waals surface area contributed by atoms with E-state index in [1.165, 1.54) is 11.8 Å². The molecule has 1 aliphatic rings. The first-order valence-corrected chi connectivity index (χ1v) is 8.86. The molecule has 1 heterocycles. The molecule has 3 rings (SSSR count). The fourth-order valence-electron chi connectivity index (χ4n) is 2.68. The summed E-state index contributed by atoms with van der Waals surface area (Å²) < 4.78 is 0. The van der Waals surface area contributed by atoms with Gasteiger partial charge in [-0.3, -0.25) is 9.89 Å². The van der Waals surface area contributed by atoms with Crippen LogP contribution in [0.1, 0.15) is 26.2 Å². The second-order valence-electron chi connectivity index (χ2n) is 5.35. The molecule has 120 valence electrons. The van der Waals surface area contributed by atoms with Crippen LogP contribution in [0.2, 0.25) is 0 Å². The molecule has 0 saturated carbocycles. The Kier molecular flexibility index (Phi) is 5.12. The van der Waals surface area contributed by atoms with E-state index in [2.05, 4.69) is 21.3 Å². The second kappa shape index (κ2) is 7.46. The molecule has 0 fully saturated rings. The molecule has 1 aromatic heterocycles. The first-order valence-electron chi connectivity index (χ1n) is 7.88. The van der Waals surface area contributed by atoms with Gasteiger partial charge in [-0.05, 0) is 26.2 Å². The van der Waals surface area contributed by atoms with E-state index in [1.54, 1.807) is 0 Å². The number of nitrogens with zero attached hydrogens (tertiary/aromatic N) is 3. The molecule has 5 nitrogen and oxygen atoms in total. The standard InChI is InChI=1S/C17H20N4OS/c1-2-21(14-10-6-7-11-14)15(22)12-23-17-18-16(19-20-17)13-8-4-3-5-9-13/h3-5,8-10H,2,6-7,11-12H2,1H3,(H,18,19,20). The number of H-pyrrole nitrogens is 1. The van der Waals surface area contributed by atoms with Gasteiger partial charge in [0, 0.05) is 17.8 Å².